The second-order valence-electron chi connectivity index (χ2n) is 11.5. The van der Waals surface area contributed by atoms with E-state index >= 15 is 0 Å². The van der Waals surface area contributed by atoms with Crippen LogP contribution >= 0.6 is 0 Å². The fraction of sp³-hybridized carbons (Fsp3) is 0.242. The maximum atomic E-state index is 13.5. The summed E-state index contributed by atoms with van der Waals surface area (Å²) in [5.41, 5.74) is 7.99. The zero-order valence-corrected chi connectivity index (χ0v) is 21.5. The zero-order chi connectivity index (χ0) is 25.0. The SMILES string of the molecule is CC(C)(C)c1ccc(-c2ccc(-n3c4ccccc4c(=O)c4cc(C(C)(C)C)ccc43)cc2)cc1. The Labute approximate surface area is 207 Å². The molecule has 1 heterocycles. The molecule has 0 unspecified atom stereocenters. The lowest BCUT2D eigenvalue weighted by Crippen LogP contribution is -2.14. The Hall–Kier alpha value is -3.65. The molecule has 0 bridgehead atoms. The summed E-state index contributed by atoms with van der Waals surface area (Å²) in [6.07, 6.45) is 0. The van der Waals surface area contributed by atoms with E-state index in [1.165, 1.54) is 16.7 Å². The van der Waals surface area contributed by atoms with E-state index in [0.717, 1.165) is 33.1 Å². The number of benzene rings is 4. The number of rotatable bonds is 2. The molecule has 2 nitrogen and oxygen atoms in total. The maximum Gasteiger partial charge on any atom is 0.197 e. The Bertz CT molecular complexity index is 1590. The van der Waals surface area contributed by atoms with Gasteiger partial charge in [0.25, 0.3) is 0 Å². The molecule has 35 heavy (non-hydrogen) atoms. The van der Waals surface area contributed by atoms with Crippen molar-refractivity contribution in [3.63, 3.8) is 0 Å². The van der Waals surface area contributed by atoms with Gasteiger partial charge in [0.05, 0.1) is 11.0 Å². The minimum absolute atomic E-state index is 0.0265. The molecule has 0 saturated heterocycles. The Morgan fingerprint density at radius 1 is 0.543 bits per heavy atom. The third-order valence-electron chi connectivity index (χ3n) is 6.95. The van der Waals surface area contributed by atoms with Crippen molar-refractivity contribution in [2.45, 2.75) is 52.4 Å². The fourth-order valence-corrected chi connectivity index (χ4v) is 4.76. The third-order valence-corrected chi connectivity index (χ3v) is 6.95. The fourth-order valence-electron chi connectivity index (χ4n) is 4.76. The molecule has 5 rings (SSSR count). The topological polar surface area (TPSA) is 22.0 Å². The molecular weight excluding hydrogens is 426 g/mol. The third kappa shape index (κ3) is 4.18. The van der Waals surface area contributed by atoms with Crippen LogP contribution in [0.1, 0.15) is 52.7 Å². The van der Waals surface area contributed by atoms with Gasteiger partial charge in [-0.25, -0.2) is 0 Å². The van der Waals surface area contributed by atoms with Gasteiger partial charge in [-0.2, -0.15) is 0 Å². The summed E-state index contributed by atoms with van der Waals surface area (Å²) in [4.78, 5) is 13.5. The highest BCUT2D eigenvalue weighted by molar-refractivity contribution is 5.95. The molecule has 0 N–H and O–H groups in total. The standard InChI is InChI=1S/C33H33NO/c1-32(2,3)24-15-11-22(12-16-24)23-13-18-26(19-14-23)34-29-10-8-7-9-27(29)31(35)28-21-25(33(4,5)6)17-20-30(28)34/h7-21H,1-6H3. The van der Waals surface area contributed by atoms with Gasteiger partial charge < -0.3 is 4.57 Å². The van der Waals surface area contributed by atoms with Gasteiger partial charge in [-0.05, 0) is 69.5 Å². The monoisotopic (exact) mass is 459 g/mol. The molecule has 2 heteroatoms. The van der Waals surface area contributed by atoms with Crippen LogP contribution in [0.15, 0.2) is 95.8 Å². The first-order valence-corrected chi connectivity index (χ1v) is 12.3. The van der Waals surface area contributed by atoms with Gasteiger partial charge >= 0.3 is 0 Å². The van der Waals surface area contributed by atoms with Crippen LogP contribution in [0.4, 0.5) is 0 Å². The summed E-state index contributed by atoms with van der Waals surface area (Å²) in [6.45, 7) is 13.3. The lowest BCUT2D eigenvalue weighted by atomic mass is 9.86. The highest BCUT2D eigenvalue weighted by Gasteiger charge is 2.18. The Morgan fingerprint density at radius 2 is 1.06 bits per heavy atom. The Kier molecular flexibility index (Phi) is 5.44. The van der Waals surface area contributed by atoms with Crippen molar-refractivity contribution in [1.82, 2.24) is 4.57 Å². The van der Waals surface area contributed by atoms with E-state index in [9.17, 15) is 4.79 Å². The maximum absolute atomic E-state index is 13.5. The second-order valence-corrected chi connectivity index (χ2v) is 11.5. The smallest absolute Gasteiger partial charge is 0.197 e. The van der Waals surface area contributed by atoms with Crippen LogP contribution in [0.5, 0.6) is 0 Å². The van der Waals surface area contributed by atoms with Gasteiger partial charge in [-0.1, -0.05) is 96.1 Å². The van der Waals surface area contributed by atoms with E-state index in [1.807, 2.05) is 24.3 Å². The molecule has 1 aromatic heterocycles. The van der Waals surface area contributed by atoms with Gasteiger partial charge in [0.2, 0.25) is 0 Å². The van der Waals surface area contributed by atoms with Crippen LogP contribution in [-0.4, -0.2) is 4.57 Å². The molecule has 0 aliphatic rings. The summed E-state index contributed by atoms with van der Waals surface area (Å²) in [7, 11) is 0. The van der Waals surface area contributed by atoms with Crippen LogP contribution in [0.3, 0.4) is 0 Å². The molecule has 0 aliphatic carbocycles. The molecule has 0 fully saturated rings. The van der Waals surface area contributed by atoms with E-state index in [2.05, 4.69) is 113 Å². The van der Waals surface area contributed by atoms with E-state index in [0.29, 0.717) is 0 Å². The first kappa shape index (κ1) is 23.1. The molecule has 0 radical (unpaired) electrons. The molecule has 0 amide bonds. The predicted octanol–water partition coefficient (Wildman–Crippen LogP) is 8.41. The molecule has 5 aromatic rings. The molecule has 4 aromatic carbocycles. The van der Waals surface area contributed by atoms with Crippen LogP contribution in [0.25, 0.3) is 38.6 Å². The van der Waals surface area contributed by atoms with Gasteiger partial charge in [-0.15, -0.1) is 0 Å². The average Bonchev–Trinajstić information content (AvgIpc) is 2.83. The molecule has 176 valence electrons. The highest BCUT2D eigenvalue weighted by atomic mass is 16.1. The molecule has 0 aliphatic heterocycles. The number of hydrogen-bond donors (Lipinski definition) is 0. The lowest BCUT2D eigenvalue weighted by molar-refractivity contribution is 0.590. The Balaban J connectivity index is 1.67. The molecule has 0 atom stereocenters. The van der Waals surface area contributed by atoms with Crippen molar-refractivity contribution in [3.8, 4) is 16.8 Å². The quantitative estimate of drug-likeness (QED) is 0.243. The summed E-state index contributed by atoms with van der Waals surface area (Å²) in [5, 5.41) is 1.51. The van der Waals surface area contributed by atoms with Crippen LogP contribution < -0.4 is 5.43 Å². The number of nitrogens with zero attached hydrogens (tertiary/aromatic N) is 1. The minimum Gasteiger partial charge on any atom is -0.309 e. The van der Waals surface area contributed by atoms with Crippen LogP contribution in [0, 0.1) is 0 Å². The van der Waals surface area contributed by atoms with Gasteiger partial charge in [0.15, 0.2) is 5.43 Å². The number of fused-ring (bicyclic) bond motifs is 2. The molecule has 0 spiro atoms. The first-order valence-electron chi connectivity index (χ1n) is 12.3. The lowest BCUT2D eigenvalue weighted by Gasteiger charge is -2.21. The number of para-hydroxylation sites is 1. The van der Waals surface area contributed by atoms with Crippen molar-refractivity contribution in [1.29, 1.82) is 0 Å². The van der Waals surface area contributed by atoms with E-state index in [1.54, 1.807) is 0 Å². The van der Waals surface area contributed by atoms with E-state index in [4.69, 9.17) is 0 Å². The molecular formula is C33H33NO. The summed E-state index contributed by atoms with van der Waals surface area (Å²) < 4.78 is 2.21. The molecule has 0 saturated carbocycles. The van der Waals surface area contributed by atoms with Gasteiger partial charge in [0.1, 0.15) is 0 Å². The second kappa shape index (κ2) is 8.23. The number of hydrogen-bond acceptors (Lipinski definition) is 1. The summed E-state index contributed by atoms with van der Waals surface area (Å²) >= 11 is 0. The van der Waals surface area contributed by atoms with Crippen molar-refractivity contribution in [3.05, 3.63) is 112 Å². The van der Waals surface area contributed by atoms with Crippen LogP contribution in [-0.2, 0) is 10.8 Å². The van der Waals surface area contributed by atoms with Crippen molar-refractivity contribution >= 4 is 21.8 Å². The van der Waals surface area contributed by atoms with Crippen LogP contribution in [0.2, 0.25) is 0 Å². The number of aromatic nitrogens is 1. The van der Waals surface area contributed by atoms with Crippen molar-refractivity contribution in [2.24, 2.45) is 0 Å². The summed E-state index contributed by atoms with van der Waals surface area (Å²) in [5.74, 6) is 0. The predicted molar refractivity (Wildman–Crippen MR) is 150 cm³/mol. The Morgan fingerprint density at radius 3 is 1.66 bits per heavy atom. The van der Waals surface area contributed by atoms with Crippen molar-refractivity contribution < 1.29 is 0 Å². The first-order chi connectivity index (χ1) is 16.5. The van der Waals surface area contributed by atoms with Gasteiger partial charge in [0, 0.05) is 16.5 Å². The largest absolute Gasteiger partial charge is 0.309 e. The van der Waals surface area contributed by atoms with E-state index in [-0.39, 0.29) is 16.3 Å². The summed E-state index contributed by atoms with van der Waals surface area (Å²) in [6, 6.07) is 31.7. The minimum atomic E-state index is -0.0265. The van der Waals surface area contributed by atoms with Crippen molar-refractivity contribution in [2.75, 3.05) is 0 Å². The van der Waals surface area contributed by atoms with E-state index < -0.39 is 0 Å². The average molecular weight is 460 g/mol. The zero-order valence-electron chi connectivity index (χ0n) is 21.5. The normalized spacial score (nSPS) is 12.4. The number of pyridine rings is 1. The highest BCUT2D eigenvalue weighted by Crippen LogP contribution is 2.31. The van der Waals surface area contributed by atoms with Gasteiger partial charge in [-0.3, -0.25) is 4.79 Å².